The zero-order valence-electron chi connectivity index (χ0n) is 27.2. The molecule has 4 aromatic rings. The van der Waals surface area contributed by atoms with Gasteiger partial charge in [0.15, 0.2) is 0 Å². The maximum Gasteiger partial charge on any atom is 0.138 e. The minimum absolute atomic E-state index is 0.170. The molecule has 0 aliphatic rings. The van der Waals surface area contributed by atoms with E-state index < -0.39 is 6.15 Å². The first-order valence-corrected chi connectivity index (χ1v) is 17.3. The van der Waals surface area contributed by atoms with Crippen LogP contribution in [0.25, 0.3) is 5.57 Å². The summed E-state index contributed by atoms with van der Waals surface area (Å²) < 4.78 is 16.2. The van der Waals surface area contributed by atoms with E-state index in [1.165, 1.54) is 16.4 Å². The van der Waals surface area contributed by atoms with Crippen molar-refractivity contribution in [3.8, 4) is 29.4 Å². The van der Waals surface area contributed by atoms with Crippen LogP contribution < -0.4 is 30.6 Å². The second-order valence-corrected chi connectivity index (χ2v) is 13.3. The number of nitriles is 2. The molecular weight excluding hydrogens is 575 g/mol. The number of hydrogen-bond donors (Lipinski definition) is 0. The van der Waals surface area contributed by atoms with Crippen molar-refractivity contribution < 1.29 is 14.2 Å². The van der Waals surface area contributed by atoms with E-state index in [1.807, 2.05) is 42.5 Å². The van der Waals surface area contributed by atoms with Crippen molar-refractivity contribution in [2.24, 2.45) is 0 Å². The Labute approximate surface area is 272 Å². The fourth-order valence-corrected chi connectivity index (χ4v) is 6.66. The van der Waals surface area contributed by atoms with Crippen molar-refractivity contribution in [1.82, 2.24) is 0 Å². The van der Waals surface area contributed by atoms with Gasteiger partial charge in [0.2, 0.25) is 0 Å². The normalized spacial score (nSPS) is 10.5. The van der Waals surface area contributed by atoms with E-state index in [-0.39, 0.29) is 16.5 Å². The summed E-state index contributed by atoms with van der Waals surface area (Å²) in [6.45, 7) is 2.25. The Bertz CT molecular complexity index is 1460. The summed E-state index contributed by atoms with van der Waals surface area (Å²) in [5.41, 5.74) is 6.01. The van der Waals surface area contributed by atoms with Gasteiger partial charge in [-0.1, -0.05) is 86.5 Å². The van der Waals surface area contributed by atoms with Crippen molar-refractivity contribution in [2.45, 2.75) is 26.1 Å². The van der Waals surface area contributed by atoms with Gasteiger partial charge in [0.05, 0.1) is 40.0 Å². The fraction of sp³-hybridized carbons (Fsp3) is 0.263. The second kappa shape index (κ2) is 17.6. The van der Waals surface area contributed by atoms with Crippen LogP contribution in [0.4, 0.5) is 0 Å². The zero-order valence-corrected chi connectivity index (χ0v) is 28.1. The smallest absolute Gasteiger partial charge is 0.138 e. The van der Waals surface area contributed by atoms with Crippen LogP contribution in [0.1, 0.15) is 25.3 Å². The minimum Gasteiger partial charge on any atom is -0.497 e. The largest absolute Gasteiger partial charge is 0.497 e. The molecule has 7 heteroatoms. The van der Waals surface area contributed by atoms with Crippen molar-refractivity contribution in [3.63, 3.8) is 0 Å². The fourth-order valence-electron chi connectivity index (χ4n) is 5.77. The van der Waals surface area contributed by atoms with Crippen LogP contribution in [0.3, 0.4) is 0 Å². The summed E-state index contributed by atoms with van der Waals surface area (Å²) in [7, 11) is 5.29. The lowest BCUT2D eigenvalue weighted by Crippen LogP contribution is -2.66. The van der Waals surface area contributed by atoms with Crippen molar-refractivity contribution in [1.29, 1.82) is 10.5 Å². The van der Waals surface area contributed by atoms with Crippen LogP contribution in [0.5, 0.6) is 17.2 Å². The molecule has 232 valence electrons. The molecule has 0 amide bonds. The standard InChI is InChI=1S/C25H30BO3.C13H13N2S/c1-5-6-19-26(20-7-13-23(27-2)14-8-20,21-9-15-24(28-3)16-10-21)22-11-17-25(29-4)18-12-22;1-16(2)10-13(12(8-14)9-15)11-6-4-3-5-7-11/h7-18H,5-6,19H2,1-4H3;3-7H,10H2,1-2H3/q-1;+1. The summed E-state index contributed by atoms with van der Waals surface area (Å²) in [6.07, 6.45) is 6.43. The predicted molar refractivity (Wildman–Crippen MR) is 192 cm³/mol. The van der Waals surface area contributed by atoms with Crippen molar-refractivity contribution in [2.75, 3.05) is 39.6 Å². The van der Waals surface area contributed by atoms with Gasteiger partial charge in [0.1, 0.15) is 40.7 Å². The van der Waals surface area contributed by atoms with Gasteiger partial charge in [0.25, 0.3) is 0 Å². The van der Waals surface area contributed by atoms with Gasteiger partial charge in [-0.3, -0.25) is 0 Å². The summed E-state index contributed by atoms with van der Waals surface area (Å²) in [4.78, 5) is 0. The lowest BCUT2D eigenvalue weighted by Gasteiger charge is -2.43. The molecular formula is C38H43BN2O3S. The molecule has 0 unspecified atom stereocenters. The number of allylic oxidation sites excluding steroid dienone is 1. The third-order valence-corrected chi connectivity index (χ3v) is 8.99. The number of benzene rings is 4. The van der Waals surface area contributed by atoms with Crippen LogP contribution in [-0.4, -0.2) is 45.7 Å². The molecule has 0 aliphatic carbocycles. The Hall–Kier alpha value is -4.59. The van der Waals surface area contributed by atoms with E-state index in [0.717, 1.165) is 53.3 Å². The Morgan fingerprint density at radius 3 is 1.36 bits per heavy atom. The van der Waals surface area contributed by atoms with Gasteiger partial charge in [-0.05, 0) is 52.9 Å². The van der Waals surface area contributed by atoms with Gasteiger partial charge in [-0.25, -0.2) is 0 Å². The van der Waals surface area contributed by atoms with E-state index in [0.29, 0.717) is 0 Å². The lowest BCUT2D eigenvalue weighted by molar-refractivity contribution is 0.415. The van der Waals surface area contributed by atoms with Crippen molar-refractivity contribution >= 4 is 39.0 Å². The first-order chi connectivity index (χ1) is 21.9. The molecule has 45 heavy (non-hydrogen) atoms. The number of rotatable bonds is 12. The maximum absolute atomic E-state index is 8.94. The molecule has 0 bridgehead atoms. The lowest BCUT2D eigenvalue weighted by atomic mass is 9.14. The molecule has 5 nitrogen and oxygen atoms in total. The average Bonchev–Trinajstić information content (AvgIpc) is 3.10. The number of ether oxygens (including phenoxy) is 3. The first-order valence-electron chi connectivity index (χ1n) is 15.1. The molecule has 0 aliphatic heterocycles. The Kier molecular flexibility index (Phi) is 13.7. The Morgan fingerprint density at radius 2 is 1.04 bits per heavy atom. The zero-order chi connectivity index (χ0) is 32.7. The highest BCUT2D eigenvalue weighted by Gasteiger charge is 2.29. The highest BCUT2D eigenvalue weighted by Crippen LogP contribution is 2.22. The van der Waals surface area contributed by atoms with Crippen LogP contribution in [0, 0.1) is 22.7 Å². The van der Waals surface area contributed by atoms with Gasteiger partial charge >= 0.3 is 0 Å². The number of unbranched alkanes of at least 4 members (excludes halogenated alkanes) is 1. The quantitative estimate of drug-likeness (QED) is 0.105. The van der Waals surface area contributed by atoms with Crippen LogP contribution in [-0.2, 0) is 10.9 Å². The van der Waals surface area contributed by atoms with Crippen LogP contribution in [0.15, 0.2) is 109 Å². The number of methoxy groups -OCH3 is 3. The van der Waals surface area contributed by atoms with E-state index in [4.69, 9.17) is 24.7 Å². The highest BCUT2D eigenvalue weighted by atomic mass is 32.2. The molecule has 0 N–H and O–H groups in total. The van der Waals surface area contributed by atoms with Gasteiger partial charge < -0.3 is 14.2 Å². The third kappa shape index (κ3) is 8.97. The van der Waals surface area contributed by atoms with Crippen molar-refractivity contribution in [3.05, 3.63) is 114 Å². The van der Waals surface area contributed by atoms with E-state index >= 15 is 0 Å². The molecule has 0 fully saturated rings. The summed E-state index contributed by atoms with van der Waals surface area (Å²) in [5.74, 6) is 3.40. The SMILES string of the molecule is CCCC[B-](c1ccc(OC)cc1)(c1ccc(OC)cc1)c1ccc(OC)cc1.C[S+](C)CC(=C(C#N)C#N)c1ccccc1. The van der Waals surface area contributed by atoms with Crippen LogP contribution >= 0.6 is 0 Å². The molecule has 0 saturated carbocycles. The van der Waals surface area contributed by atoms with E-state index in [1.54, 1.807) is 21.3 Å². The summed E-state index contributed by atoms with van der Waals surface area (Å²) >= 11 is 0. The predicted octanol–water partition coefficient (Wildman–Crippen LogP) is 6.35. The Morgan fingerprint density at radius 1 is 0.644 bits per heavy atom. The Balaban J connectivity index is 0.000000292. The van der Waals surface area contributed by atoms with Gasteiger partial charge in [-0.2, -0.15) is 33.2 Å². The molecule has 0 radical (unpaired) electrons. The summed E-state index contributed by atoms with van der Waals surface area (Å²) in [6, 6.07) is 39.2. The van der Waals surface area contributed by atoms with Gasteiger partial charge in [0, 0.05) is 5.57 Å². The molecule has 4 rings (SSSR count). The molecule has 0 heterocycles. The second-order valence-electron chi connectivity index (χ2n) is 11.1. The monoisotopic (exact) mass is 618 g/mol. The minimum atomic E-state index is -1.14. The molecule has 0 spiro atoms. The average molecular weight is 619 g/mol. The van der Waals surface area contributed by atoms with Gasteiger partial charge in [-0.15, -0.1) is 0 Å². The number of hydrogen-bond acceptors (Lipinski definition) is 5. The molecule has 0 atom stereocenters. The molecule has 4 aromatic carbocycles. The topological polar surface area (TPSA) is 75.3 Å². The summed E-state index contributed by atoms with van der Waals surface area (Å²) in [5, 5.41) is 17.9. The first kappa shape index (κ1) is 34.9. The maximum atomic E-state index is 8.94. The van der Waals surface area contributed by atoms with E-state index in [2.05, 4.69) is 92.2 Å². The van der Waals surface area contributed by atoms with E-state index in [9.17, 15) is 0 Å². The molecule has 0 aromatic heterocycles. The highest BCUT2D eigenvalue weighted by molar-refractivity contribution is 7.95. The third-order valence-electron chi connectivity index (χ3n) is 8.13. The molecule has 0 saturated heterocycles. The van der Waals surface area contributed by atoms with Crippen LogP contribution in [0.2, 0.25) is 6.32 Å². The number of nitrogens with zero attached hydrogens (tertiary/aromatic N) is 2.